The molecule has 3 heteroatoms. The Hall–Kier alpha value is -0.570. The van der Waals surface area contributed by atoms with Gasteiger partial charge in [0.05, 0.1) is 6.04 Å². The van der Waals surface area contributed by atoms with Crippen LogP contribution in [0.1, 0.15) is 27.7 Å². The lowest BCUT2D eigenvalue weighted by molar-refractivity contribution is -0.138. The van der Waals surface area contributed by atoms with Crippen LogP contribution < -0.4 is 0 Å². The molecule has 2 heterocycles. The molecule has 2 fully saturated rings. The molecule has 0 radical (unpaired) electrons. The Labute approximate surface area is 86.1 Å². The molecule has 2 unspecified atom stereocenters. The van der Waals surface area contributed by atoms with Gasteiger partial charge in [0.2, 0.25) is 5.91 Å². The summed E-state index contributed by atoms with van der Waals surface area (Å²) in [6.07, 6.45) is 0. The van der Waals surface area contributed by atoms with E-state index in [1.165, 1.54) is 0 Å². The zero-order chi connectivity index (χ0) is 10.5. The third-order valence-corrected chi connectivity index (χ3v) is 3.59. The van der Waals surface area contributed by atoms with E-state index in [2.05, 4.69) is 25.7 Å². The number of carbonyl (C=O) groups excluding carboxylic acids is 1. The zero-order valence-electron chi connectivity index (χ0n) is 9.58. The lowest BCUT2D eigenvalue weighted by Crippen LogP contribution is -2.57. The van der Waals surface area contributed by atoms with Gasteiger partial charge in [0.25, 0.3) is 0 Å². The molecule has 0 saturated carbocycles. The molecule has 2 atom stereocenters. The summed E-state index contributed by atoms with van der Waals surface area (Å²) >= 11 is 0. The average molecular weight is 196 g/mol. The van der Waals surface area contributed by atoms with E-state index in [0.29, 0.717) is 6.04 Å². The second-order valence-electron chi connectivity index (χ2n) is 5.57. The van der Waals surface area contributed by atoms with Gasteiger partial charge >= 0.3 is 0 Å². The zero-order valence-corrected chi connectivity index (χ0v) is 9.58. The first-order chi connectivity index (χ1) is 6.39. The van der Waals surface area contributed by atoms with Crippen molar-refractivity contribution in [2.75, 3.05) is 19.6 Å². The van der Waals surface area contributed by atoms with E-state index in [4.69, 9.17) is 0 Å². The van der Waals surface area contributed by atoms with Crippen molar-refractivity contribution >= 4 is 5.91 Å². The van der Waals surface area contributed by atoms with Crippen molar-refractivity contribution < 1.29 is 4.79 Å². The van der Waals surface area contributed by atoms with Gasteiger partial charge in [-0.15, -0.1) is 0 Å². The fourth-order valence-corrected chi connectivity index (χ4v) is 2.55. The number of amides is 1. The predicted octanol–water partition coefficient (Wildman–Crippen LogP) is 0.947. The fourth-order valence-electron chi connectivity index (χ4n) is 2.55. The van der Waals surface area contributed by atoms with Crippen molar-refractivity contribution in [2.24, 2.45) is 5.92 Å². The van der Waals surface area contributed by atoms with Crippen LogP contribution in [0, 0.1) is 5.92 Å². The Morgan fingerprint density at radius 1 is 1.21 bits per heavy atom. The molecule has 0 spiro atoms. The van der Waals surface area contributed by atoms with Crippen molar-refractivity contribution in [3.05, 3.63) is 0 Å². The van der Waals surface area contributed by atoms with Crippen LogP contribution in [-0.2, 0) is 4.79 Å². The molecular formula is C11H20N2O. The summed E-state index contributed by atoms with van der Waals surface area (Å²) in [6.45, 7) is 11.6. The average Bonchev–Trinajstić information content (AvgIpc) is 2.26. The molecule has 80 valence electrons. The van der Waals surface area contributed by atoms with Gasteiger partial charge in [-0.05, 0) is 20.8 Å². The number of rotatable bonds is 0. The number of hydrogen-bond donors (Lipinski definition) is 0. The van der Waals surface area contributed by atoms with Gasteiger partial charge in [-0.1, -0.05) is 0 Å². The van der Waals surface area contributed by atoms with Gasteiger partial charge in [-0.3, -0.25) is 9.69 Å². The molecule has 2 aliphatic rings. The molecule has 2 saturated heterocycles. The maximum absolute atomic E-state index is 11.2. The van der Waals surface area contributed by atoms with E-state index in [9.17, 15) is 4.79 Å². The van der Waals surface area contributed by atoms with Crippen LogP contribution in [0.25, 0.3) is 0 Å². The SMILES string of the molecule is CC(=O)N1CC2CN(C(C)(C)C)CC21. The molecule has 0 N–H and O–H groups in total. The molecule has 2 aliphatic heterocycles. The topological polar surface area (TPSA) is 23.6 Å². The number of carbonyl (C=O) groups is 1. The quantitative estimate of drug-likeness (QED) is 0.576. The van der Waals surface area contributed by atoms with E-state index in [0.717, 1.165) is 25.6 Å². The van der Waals surface area contributed by atoms with Crippen LogP contribution >= 0.6 is 0 Å². The first kappa shape index (κ1) is 9.97. The second kappa shape index (κ2) is 2.96. The van der Waals surface area contributed by atoms with Gasteiger partial charge in [0.15, 0.2) is 0 Å². The van der Waals surface area contributed by atoms with Crippen molar-refractivity contribution in [3.63, 3.8) is 0 Å². The predicted molar refractivity (Wildman–Crippen MR) is 56.0 cm³/mol. The van der Waals surface area contributed by atoms with E-state index < -0.39 is 0 Å². The van der Waals surface area contributed by atoms with E-state index >= 15 is 0 Å². The fraction of sp³-hybridized carbons (Fsp3) is 0.909. The van der Waals surface area contributed by atoms with Gasteiger partial charge in [0, 0.05) is 38.0 Å². The highest BCUT2D eigenvalue weighted by atomic mass is 16.2. The smallest absolute Gasteiger partial charge is 0.219 e. The van der Waals surface area contributed by atoms with Gasteiger partial charge in [-0.2, -0.15) is 0 Å². The normalized spacial score (nSPS) is 32.7. The van der Waals surface area contributed by atoms with Crippen LogP contribution in [0.3, 0.4) is 0 Å². The minimum absolute atomic E-state index is 0.238. The molecule has 0 aromatic heterocycles. The van der Waals surface area contributed by atoms with Gasteiger partial charge in [0.1, 0.15) is 0 Å². The van der Waals surface area contributed by atoms with Crippen molar-refractivity contribution in [2.45, 2.75) is 39.3 Å². The van der Waals surface area contributed by atoms with Crippen molar-refractivity contribution in [1.82, 2.24) is 9.80 Å². The summed E-state index contributed by atoms with van der Waals surface area (Å²) in [4.78, 5) is 15.7. The Bertz CT molecular complexity index is 257. The third-order valence-electron chi connectivity index (χ3n) is 3.59. The third kappa shape index (κ3) is 1.44. The van der Waals surface area contributed by atoms with E-state index in [-0.39, 0.29) is 11.4 Å². The van der Waals surface area contributed by atoms with E-state index in [1.807, 2.05) is 4.90 Å². The molecule has 0 bridgehead atoms. The Balaban J connectivity index is 1.99. The molecule has 0 aromatic rings. The largest absolute Gasteiger partial charge is 0.338 e. The lowest BCUT2D eigenvalue weighted by atomic mass is 9.92. The maximum Gasteiger partial charge on any atom is 0.219 e. The highest BCUT2D eigenvalue weighted by molar-refractivity contribution is 5.74. The van der Waals surface area contributed by atoms with Crippen molar-refractivity contribution in [1.29, 1.82) is 0 Å². The Morgan fingerprint density at radius 3 is 2.36 bits per heavy atom. The standard InChI is InChI=1S/C11H20N2O/c1-8(14)13-6-9-5-12(7-10(9)13)11(2,3)4/h9-10H,5-7H2,1-4H3. The summed E-state index contributed by atoms with van der Waals surface area (Å²) < 4.78 is 0. The maximum atomic E-state index is 11.2. The molecule has 0 aliphatic carbocycles. The molecule has 2 rings (SSSR count). The van der Waals surface area contributed by atoms with E-state index in [1.54, 1.807) is 6.92 Å². The van der Waals surface area contributed by atoms with Gasteiger partial charge < -0.3 is 4.90 Å². The van der Waals surface area contributed by atoms with Crippen LogP contribution in [0.5, 0.6) is 0 Å². The van der Waals surface area contributed by atoms with Crippen LogP contribution in [-0.4, -0.2) is 46.9 Å². The number of fused-ring (bicyclic) bond motifs is 1. The minimum atomic E-state index is 0.238. The Kier molecular flexibility index (Phi) is 2.11. The summed E-state index contributed by atoms with van der Waals surface area (Å²) in [6, 6.07) is 0.506. The monoisotopic (exact) mass is 196 g/mol. The summed E-state index contributed by atoms with van der Waals surface area (Å²) in [5, 5.41) is 0. The highest BCUT2D eigenvalue weighted by Crippen LogP contribution is 2.35. The minimum Gasteiger partial charge on any atom is -0.338 e. The van der Waals surface area contributed by atoms with Crippen molar-refractivity contribution in [3.8, 4) is 0 Å². The highest BCUT2D eigenvalue weighted by Gasteiger charge is 2.48. The molecule has 3 nitrogen and oxygen atoms in total. The first-order valence-electron chi connectivity index (χ1n) is 5.42. The first-order valence-corrected chi connectivity index (χ1v) is 5.42. The number of hydrogen-bond acceptors (Lipinski definition) is 2. The molecule has 1 amide bonds. The molecule has 14 heavy (non-hydrogen) atoms. The Morgan fingerprint density at radius 2 is 1.86 bits per heavy atom. The molecule has 0 aromatic carbocycles. The van der Waals surface area contributed by atoms with Gasteiger partial charge in [-0.25, -0.2) is 0 Å². The summed E-state index contributed by atoms with van der Waals surface area (Å²) in [5.74, 6) is 0.972. The molecular weight excluding hydrogens is 176 g/mol. The second-order valence-corrected chi connectivity index (χ2v) is 5.57. The van der Waals surface area contributed by atoms with Crippen LogP contribution in [0.15, 0.2) is 0 Å². The van der Waals surface area contributed by atoms with Crippen LogP contribution in [0.4, 0.5) is 0 Å². The summed E-state index contributed by atoms with van der Waals surface area (Å²) in [5.41, 5.74) is 0.250. The van der Waals surface area contributed by atoms with Crippen LogP contribution in [0.2, 0.25) is 0 Å². The number of likely N-dealkylation sites (tertiary alicyclic amines) is 2. The lowest BCUT2D eigenvalue weighted by Gasteiger charge is -2.43. The number of nitrogens with zero attached hydrogens (tertiary/aromatic N) is 2. The summed E-state index contributed by atoms with van der Waals surface area (Å²) in [7, 11) is 0.